The Hall–Kier alpha value is -1.96. The van der Waals surface area contributed by atoms with E-state index in [9.17, 15) is 14.4 Å². The van der Waals surface area contributed by atoms with Gasteiger partial charge in [0.25, 0.3) is 0 Å². The fourth-order valence-corrected chi connectivity index (χ4v) is 6.48. The zero-order chi connectivity index (χ0) is 25.6. The molecule has 34 heavy (non-hydrogen) atoms. The fraction of sp³-hybridized carbons (Fsp3) is 0.846. The molecule has 2 fully saturated rings. The number of carbonyl (C=O) groups is 3. The molecule has 0 radical (unpaired) electrons. The second-order valence-electron chi connectivity index (χ2n) is 10.9. The number of cyclic esters (lactones) is 1. The lowest BCUT2D eigenvalue weighted by molar-refractivity contribution is -0.171. The summed E-state index contributed by atoms with van der Waals surface area (Å²) in [5.74, 6) is -2.24. The number of esters is 1. The second-order valence-corrected chi connectivity index (χ2v) is 10.9. The summed E-state index contributed by atoms with van der Waals surface area (Å²) >= 11 is 0. The van der Waals surface area contributed by atoms with Crippen molar-refractivity contribution in [3.8, 4) is 0 Å². The van der Waals surface area contributed by atoms with E-state index < -0.39 is 41.2 Å². The molecular weight excluding hydrogens is 436 g/mol. The first kappa shape index (κ1) is 26.6. The van der Waals surface area contributed by atoms with E-state index >= 15 is 0 Å². The van der Waals surface area contributed by atoms with Crippen molar-refractivity contribution in [2.24, 2.45) is 34.6 Å². The third-order valence-corrected chi connectivity index (χ3v) is 8.93. The van der Waals surface area contributed by atoms with Crippen molar-refractivity contribution < 1.29 is 28.6 Å². The molecule has 0 aromatic rings. The van der Waals surface area contributed by atoms with E-state index in [1.54, 1.807) is 18.9 Å². The van der Waals surface area contributed by atoms with Gasteiger partial charge in [-0.15, -0.1) is 0 Å². The first-order valence-corrected chi connectivity index (χ1v) is 12.7. The quantitative estimate of drug-likeness (QED) is 0.441. The standard InChI is InChI=1S/C26H42N2O6/c1-10-19-26(8)22-16(4)20(27-11-12-28(22)24(31)34-26)14(2)13-25(7,32-9)18(6)15(3)21(29)17(5)23(30)33-19/h14-19,22H,10-13H2,1-9H3/t14-,15-,16+,17-,18-,19-,22-,25-,26-/m1/s1. The van der Waals surface area contributed by atoms with E-state index in [1.165, 1.54) is 0 Å². The molecule has 8 nitrogen and oxygen atoms in total. The minimum Gasteiger partial charge on any atom is -0.458 e. The highest BCUT2D eigenvalue weighted by Gasteiger charge is 2.60. The SMILES string of the molecule is CC[C@H]1OC(=O)[C@H](C)C(=O)[C@H](C)[C@@H](C)[C@](C)(OC)C[C@@H](C)C2=NCCN3C(=O)O[C@@]1(C)[C@H]3[C@H]2C. The minimum atomic E-state index is -1.05. The van der Waals surface area contributed by atoms with Crippen LogP contribution in [0.5, 0.6) is 0 Å². The first-order chi connectivity index (χ1) is 15.8. The molecule has 8 heteroatoms. The molecule has 2 bridgehead atoms. The van der Waals surface area contributed by atoms with Gasteiger partial charge in [-0.05, 0) is 45.4 Å². The molecule has 0 aromatic carbocycles. The Balaban J connectivity index is 2.14. The van der Waals surface area contributed by atoms with Gasteiger partial charge in [-0.1, -0.05) is 34.6 Å². The van der Waals surface area contributed by atoms with Crippen molar-refractivity contribution in [2.75, 3.05) is 20.2 Å². The molecule has 2 saturated heterocycles. The maximum Gasteiger partial charge on any atom is 0.410 e. The smallest absolute Gasteiger partial charge is 0.410 e. The zero-order valence-electron chi connectivity index (χ0n) is 22.2. The number of ketones is 1. The summed E-state index contributed by atoms with van der Waals surface area (Å²) in [6.45, 7) is 16.4. The van der Waals surface area contributed by atoms with Gasteiger partial charge in [0.05, 0.1) is 18.2 Å². The number of hydrogen-bond acceptors (Lipinski definition) is 7. The van der Waals surface area contributed by atoms with Gasteiger partial charge >= 0.3 is 12.1 Å². The lowest BCUT2D eigenvalue weighted by atomic mass is 9.70. The Bertz CT molecular complexity index is 858. The first-order valence-electron chi connectivity index (χ1n) is 12.7. The van der Waals surface area contributed by atoms with Crippen molar-refractivity contribution in [3.05, 3.63) is 0 Å². The predicted octanol–water partition coefficient (Wildman–Crippen LogP) is 3.90. The summed E-state index contributed by atoms with van der Waals surface area (Å²) in [6.07, 6.45) is 0.0461. The highest BCUT2D eigenvalue weighted by molar-refractivity contribution is 6.00. The van der Waals surface area contributed by atoms with Crippen LogP contribution in [0.4, 0.5) is 4.79 Å². The van der Waals surface area contributed by atoms with Crippen LogP contribution in [0.15, 0.2) is 4.99 Å². The van der Waals surface area contributed by atoms with Crippen molar-refractivity contribution >= 4 is 23.6 Å². The maximum atomic E-state index is 13.3. The van der Waals surface area contributed by atoms with Gasteiger partial charge < -0.3 is 14.2 Å². The fourth-order valence-electron chi connectivity index (χ4n) is 6.48. The molecule has 3 rings (SSSR count). The van der Waals surface area contributed by atoms with Crippen molar-refractivity contribution in [1.82, 2.24) is 4.90 Å². The molecule has 0 unspecified atom stereocenters. The van der Waals surface area contributed by atoms with E-state index in [0.717, 1.165) is 5.71 Å². The normalized spacial score (nSPS) is 44.0. The summed E-state index contributed by atoms with van der Waals surface area (Å²) in [5, 5.41) is 0. The van der Waals surface area contributed by atoms with Crippen LogP contribution < -0.4 is 0 Å². The summed E-state index contributed by atoms with van der Waals surface area (Å²) in [6, 6.07) is -0.333. The van der Waals surface area contributed by atoms with Crippen LogP contribution >= 0.6 is 0 Å². The van der Waals surface area contributed by atoms with Crippen molar-refractivity contribution in [2.45, 2.75) is 91.6 Å². The van der Waals surface area contributed by atoms with Crippen LogP contribution in [0.25, 0.3) is 0 Å². The Morgan fingerprint density at radius 1 is 1.09 bits per heavy atom. The predicted molar refractivity (Wildman–Crippen MR) is 129 cm³/mol. The van der Waals surface area contributed by atoms with E-state index in [2.05, 4.69) is 13.8 Å². The monoisotopic (exact) mass is 478 g/mol. The zero-order valence-corrected chi connectivity index (χ0v) is 22.2. The molecular formula is C26H42N2O6. The molecule has 3 heterocycles. The highest BCUT2D eigenvalue weighted by atomic mass is 16.6. The number of methoxy groups -OCH3 is 1. The van der Waals surface area contributed by atoms with E-state index in [4.69, 9.17) is 19.2 Å². The number of nitrogens with zero attached hydrogens (tertiary/aromatic N) is 2. The summed E-state index contributed by atoms with van der Waals surface area (Å²) in [7, 11) is 1.67. The van der Waals surface area contributed by atoms with Crippen LogP contribution in [0.2, 0.25) is 0 Å². The van der Waals surface area contributed by atoms with Crippen LogP contribution in [0.3, 0.4) is 0 Å². The van der Waals surface area contributed by atoms with Gasteiger partial charge in [0.2, 0.25) is 0 Å². The summed E-state index contributed by atoms with van der Waals surface area (Å²) in [5.41, 5.74) is -0.645. The number of carbonyl (C=O) groups excluding carboxylic acids is 3. The Morgan fingerprint density at radius 2 is 1.74 bits per heavy atom. The van der Waals surface area contributed by atoms with E-state index in [0.29, 0.717) is 25.9 Å². The average molecular weight is 479 g/mol. The number of aliphatic imine (C=N–C) groups is 1. The molecule has 0 spiro atoms. The number of hydrogen-bond donors (Lipinski definition) is 0. The molecule has 0 aromatic heterocycles. The van der Waals surface area contributed by atoms with Gasteiger partial charge in [-0.3, -0.25) is 19.5 Å². The molecule has 0 saturated carbocycles. The van der Waals surface area contributed by atoms with E-state index in [1.807, 2.05) is 34.6 Å². The van der Waals surface area contributed by atoms with Gasteiger partial charge in [0.15, 0.2) is 5.60 Å². The summed E-state index contributed by atoms with van der Waals surface area (Å²) in [4.78, 5) is 46.1. The molecule has 1 amide bonds. The maximum absolute atomic E-state index is 13.3. The topological polar surface area (TPSA) is 94.5 Å². The number of rotatable bonds is 2. The van der Waals surface area contributed by atoms with Gasteiger partial charge in [-0.25, -0.2) is 4.79 Å². The molecule has 192 valence electrons. The second kappa shape index (κ2) is 9.59. The molecule has 0 aliphatic carbocycles. The molecule has 3 aliphatic rings. The third kappa shape index (κ3) is 4.27. The van der Waals surface area contributed by atoms with Crippen LogP contribution in [0.1, 0.15) is 68.2 Å². The van der Waals surface area contributed by atoms with Crippen molar-refractivity contribution in [3.63, 3.8) is 0 Å². The minimum absolute atomic E-state index is 0.0626. The van der Waals surface area contributed by atoms with Gasteiger partial charge in [0, 0.05) is 31.2 Å². The number of amides is 1. The van der Waals surface area contributed by atoms with Crippen molar-refractivity contribution in [1.29, 1.82) is 0 Å². The molecule has 0 N–H and O–H groups in total. The van der Waals surface area contributed by atoms with Gasteiger partial charge in [0.1, 0.15) is 17.8 Å². The largest absolute Gasteiger partial charge is 0.458 e. The highest BCUT2D eigenvalue weighted by Crippen LogP contribution is 2.43. The number of fused-ring (bicyclic) bond motifs is 1. The Kier molecular flexibility index (Phi) is 7.52. The Labute approximate surface area is 203 Å². The van der Waals surface area contributed by atoms with Crippen LogP contribution in [-0.2, 0) is 23.8 Å². The lowest BCUT2D eigenvalue weighted by Gasteiger charge is -2.43. The average Bonchev–Trinajstić information content (AvgIpc) is 2.93. The summed E-state index contributed by atoms with van der Waals surface area (Å²) < 4.78 is 17.9. The lowest BCUT2D eigenvalue weighted by Crippen LogP contribution is -2.57. The molecule has 3 aliphatic heterocycles. The van der Waals surface area contributed by atoms with Gasteiger partial charge in [-0.2, -0.15) is 0 Å². The van der Waals surface area contributed by atoms with E-state index in [-0.39, 0.29) is 29.6 Å². The van der Waals surface area contributed by atoms with Crippen LogP contribution in [-0.4, -0.2) is 72.0 Å². The third-order valence-electron chi connectivity index (χ3n) is 8.93. The Morgan fingerprint density at radius 3 is 2.32 bits per heavy atom. The number of Topliss-reactive ketones (excluding diaryl/α,β-unsaturated/α-hetero) is 1. The molecule has 9 atom stereocenters. The van der Waals surface area contributed by atoms with Crippen LogP contribution in [0, 0.1) is 29.6 Å². The number of ether oxygens (including phenoxy) is 3.